The molecule has 0 amide bonds. The van der Waals surface area contributed by atoms with Gasteiger partial charge in [-0.1, -0.05) is 6.07 Å². The zero-order chi connectivity index (χ0) is 23.2. The first-order valence-electron chi connectivity index (χ1n) is 10.5. The molecule has 2 unspecified atom stereocenters. The van der Waals surface area contributed by atoms with Gasteiger partial charge in [-0.05, 0) is 39.0 Å². The molecule has 1 aromatic carbocycles. The van der Waals surface area contributed by atoms with Gasteiger partial charge in [-0.25, -0.2) is 18.6 Å². The van der Waals surface area contributed by atoms with E-state index in [1.54, 1.807) is 19.2 Å². The number of pyridine rings is 1. The lowest BCUT2D eigenvalue weighted by molar-refractivity contribution is 0.117. The van der Waals surface area contributed by atoms with Gasteiger partial charge >= 0.3 is 5.69 Å². The van der Waals surface area contributed by atoms with E-state index in [9.17, 15) is 18.8 Å². The Morgan fingerprint density at radius 1 is 1.12 bits per heavy atom. The van der Waals surface area contributed by atoms with Crippen LogP contribution in [0.3, 0.4) is 0 Å². The van der Waals surface area contributed by atoms with Crippen LogP contribution in [0.2, 0.25) is 0 Å². The maximum absolute atomic E-state index is 14.4. The molecule has 1 saturated heterocycles. The van der Waals surface area contributed by atoms with Gasteiger partial charge in [-0.2, -0.15) is 10.2 Å². The fourth-order valence-corrected chi connectivity index (χ4v) is 4.48. The van der Waals surface area contributed by atoms with Gasteiger partial charge in [0.1, 0.15) is 28.9 Å². The van der Waals surface area contributed by atoms with E-state index in [1.807, 2.05) is 31.7 Å². The molecule has 0 aliphatic carbocycles. The van der Waals surface area contributed by atoms with E-state index in [2.05, 4.69) is 14.9 Å². The number of hydrogen-bond acceptors (Lipinski definition) is 6. The molecule has 1 aliphatic rings. The van der Waals surface area contributed by atoms with Crippen molar-refractivity contribution in [2.45, 2.75) is 38.9 Å². The summed E-state index contributed by atoms with van der Waals surface area (Å²) in [6, 6.07) is 8.66. The number of aromatic nitrogens is 3. The summed E-state index contributed by atoms with van der Waals surface area (Å²) < 4.78 is 29.2. The Bertz CT molecular complexity index is 1280. The first-order chi connectivity index (χ1) is 15.2. The third-order valence-electron chi connectivity index (χ3n) is 6.27. The molecule has 1 aliphatic heterocycles. The molecule has 1 fully saturated rings. The van der Waals surface area contributed by atoms with Crippen molar-refractivity contribution in [2.75, 3.05) is 18.0 Å². The second-order valence-electron chi connectivity index (χ2n) is 8.34. The quantitative estimate of drug-likeness (QED) is 0.625. The molecule has 4 rings (SSSR count). The van der Waals surface area contributed by atoms with Crippen molar-refractivity contribution in [1.29, 1.82) is 5.26 Å². The van der Waals surface area contributed by atoms with Crippen LogP contribution in [0.4, 0.5) is 14.6 Å². The van der Waals surface area contributed by atoms with E-state index in [1.165, 1.54) is 16.7 Å². The molecule has 3 heterocycles. The monoisotopic (exact) mass is 438 g/mol. The Morgan fingerprint density at radius 3 is 2.56 bits per heavy atom. The zero-order valence-corrected chi connectivity index (χ0v) is 18.4. The smallest absolute Gasteiger partial charge is 0.349 e. The summed E-state index contributed by atoms with van der Waals surface area (Å²) in [7, 11) is 1.62. The number of rotatable bonds is 3. The Balaban J connectivity index is 1.70. The standard InChI is InChI=1S/C23H24F2N6O/c1-13-12-31(14(2)11-30(13)15(3)18-7-5-16(24)9-19(18)25)22-21-20(29(4)23(32)28-22)8-6-17(10-26)27-21/h5-9,13-15H,11-12H2,1-4H3/t13?,14-,15?/m0/s1. The molecule has 7 nitrogen and oxygen atoms in total. The Labute approximate surface area is 184 Å². The first-order valence-corrected chi connectivity index (χ1v) is 10.5. The second kappa shape index (κ2) is 8.28. The molecule has 0 spiro atoms. The van der Waals surface area contributed by atoms with Crippen LogP contribution in [-0.4, -0.2) is 44.6 Å². The minimum atomic E-state index is -0.600. The summed E-state index contributed by atoms with van der Waals surface area (Å²) in [4.78, 5) is 25.4. The van der Waals surface area contributed by atoms with Crippen LogP contribution < -0.4 is 10.6 Å². The highest BCUT2D eigenvalue weighted by Gasteiger charge is 2.35. The van der Waals surface area contributed by atoms with E-state index in [0.29, 0.717) is 35.5 Å². The topological polar surface area (TPSA) is 78.0 Å². The highest BCUT2D eigenvalue weighted by atomic mass is 19.1. The molecule has 3 aromatic rings. The number of nitriles is 1. The minimum absolute atomic E-state index is 0.00860. The Kier molecular flexibility index (Phi) is 5.65. The van der Waals surface area contributed by atoms with Gasteiger partial charge < -0.3 is 4.90 Å². The largest absolute Gasteiger partial charge is 0.349 e. The van der Waals surface area contributed by atoms with Gasteiger partial charge in [0.05, 0.1) is 5.52 Å². The van der Waals surface area contributed by atoms with Crippen molar-refractivity contribution < 1.29 is 8.78 Å². The van der Waals surface area contributed by atoms with Gasteiger partial charge in [-0.15, -0.1) is 0 Å². The van der Waals surface area contributed by atoms with Crippen molar-refractivity contribution in [1.82, 2.24) is 19.4 Å². The highest BCUT2D eigenvalue weighted by Crippen LogP contribution is 2.32. The van der Waals surface area contributed by atoms with Gasteiger partial charge in [0.15, 0.2) is 5.82 Å². The number of halogens is 2. The summed E-state index contributed by atoms with van der Waals surface area (Å²) in [5.41, 5.74) is 1.39. The number of aryl methyl sites for hydroxylation is 1. The van der Waals surface area contributed by atoms with Gasteiger partial charge in [0.2, 0.25) is 0 Å². The zero-order valence-electron chi connectivity index (χ0n) is 18.4. The van der Waals surface area contributed by atoms with E-state index in [4.69, 9.17) is 0 Å². The molecule has 2 aromatic heterocycles. The van der Waals surface area contributed by atoms with Crippen LogP contribution in [0.15, 0.2) is 35.1 Å². The summed E-state index contributed by atoms with van der Waals surface area (Å²) in [5.74, 6) is -0.718. The molecular formula is C23H24F2N6O. The second-order valence-corrected chi connectivity index (χ2v) is 8.34. The maximum Gasteiger partial charge on any atom is 0.349 e. The summed E-state index contributed by atoms with van der Waals surface area (Å²) in [6.07, 6.45) is 0. The van der Waals surface area contributed by atoms with E-state index in [-0.39, 0.29) is 23.8 Å². The van der Waals surface area contributed by atoms with Crippen LogP contribution in [-0.2, 0) is 7.05 Å². The Morgan fingerprint density at radius 2 is 1.88 bits per heavy atom. The lowest BCUT2D eigenvalue weighted by atomic mass is 10.00. The molecule has 9 heteroatoms. The summed E-state index contributed by atoms with van der Waals surface area (Å²) >= 11 is 0. The number of benzene rings is 1. The molecule has 32 heavy (non-hydrogen) atoms. The number of nitrogens with zero attached hydrogens (tertiary/aromatic N) is 6. The average Bonchev–Trinajstić information content (AvgIpc) is 2.77. The van der Waals surface area contributed by atoms with Crippen LogP contribution in [0, 0.1) is 23.0 Å². The van der Waals surface area contributed by atoms with Crippen LogP contribution in [0.5, 0.6) is 0 Å². The van der Waals surface area contributed by atoms with Crippen molar-refractivity contribution in [3.05, 3.63) is 63.7 Å². The van der Waals surface area contributed by atoms with Gasteiger partial charge in [0, 0.05) is 49.9 Å². The lowest BCUT2D eigenvalue weighted by Gasteiger charge is -2.47. The number of fused-ring (bicyclic) bond motifs is 1. The van der Waals surface area contributed by atoms with Crippen molar-refractivity contribution in [3.63, 3.8) is 0 Å². The van der Waals surface area contributed by atoms with Crippen molar-refractivity contribution in [2.24, 2.45) is 7.05 Å². The van der Waals surface area contributed by atoms with Crippen molar-refractivity contribution in [3.8, 4) is 6.07 Å². The fourth-order valence-electron chi connectivity index (χ4n) is 4.48. The van der Waals surface area contributed by atoms with Crippen LogP contribution in [0.1, 0.15) is 38.1 Å². The maximum atomic E-state index is 14.4. The third-order valence-corrected chi connectivity index (χ3v) is 6.27. The van der Waals surface area contributed by atoms with Crippen LogP contribution >= 0.6 is 0 Å². The van der Waals surface area contributed by atoms with Crippen molar-refractivity contribution >= 4 is 16.9 Å². The predicted molar refractivity (Wildman–Crippen MR) is 117 cm³/mol. The number of piperazine rings is 1. The highest BCUT2D eigenvalue weighted by molar-refractivity contribution is 5.86. The molecular weight excluding hydrogens is 414 g/mol. The molecule has 0 N–H and O–H groups in total. The van der Waals surface area contributed by atoms with E-state index < -0.39 is 17.3 Å². The number of hydrogen-bond donors (Lipinski definition) is 0. The number of anilines is 1. The van der Waals surface area contributed by atoms with E-state index >= 15 is 0 Å². The van der Waals surface area contributed by atoms with Gasteiger partial charge in [0.25, 0.3) is 0 Å². The van der Waals surface area contributed by atoms with Crippen LogP contribution in [0.25, 0.3) is 11.0 Å². The lowest BCUT2D eigenvalue weighted by Crippen LogP contribution is -2.57. The third kappa shape index (κ3) is 3.71. The molecule has 0 saturated carbocycles. The Hall–Kier alpha value is -3.38. The first kappa shape index (κ1) is 21.8. The SMILES string of the molecule is CC1CN(c2nc(=O)n(C)c3ccc(C#N)nc23)[C@@H](C)CN1C(C)c1ccc(F)cc1F. The minimum Gasteiger partial charge on any atom is -0.349 e. The summed E-state index contributed by atoms with van der Waals surface area (Å²) in [6.45, 7) is 7.04. The average molecular weight is 438 g/mol. The molecule has 3 atom stereocenters. The fraction of sp³-hybridized carbons (Fsp3) is 0.391. The van der Waals surface area contributed by atoms with E-state index in [0.717, 1.165) is 6.07 Å². The summed E-state index contributed by atoms with van der Waals surface area (Å²) in [5, 5.41) is 9.28. The normalized spacial score (nSPS) is 20.3. The molecule has 0 bridgehead atoms. The molecule has 0 radical (unpaired) electrons. The molecule has 166 valence electrons. The van der Waals surface area contributed by atoms with Gasteiger partial charge in [-0.3, -0.25) is 9.47 Å². The predicted octanol–water partition coefficient (Wildman–Crippen LogP) is 3.14.